The summed E-state index contributed by atoms with van der Waals surface area (Å²) in [4.78, 5) is 9.80. The largest absolute Gasteiger partial charge is 0.316 e. The fourth-order valence-corrected chi connectivity index (χ4v) is 1.72. The average molecular weight is 288 g/mol. The molecular formula is C11H8ClF2N3O2. The summed E-state index contributed by atoms with van der Waals surface area (Å²) in [6.07, 6.45) is -2.03. The molecule has 0 radical (unpaired) electrons. The maximum atomic E-state index is 12.6. The van der Waals surface area contributed by atoms with Gasteiger partial charge < -0.3 is 0 Å². The van der Waals surface area contributed by atoms with Gasteiger partial charge >= 0.3 is 5.69 Å². The van der Waals surface area contributed by atoms with Crippen LogP contribution in [0.4, 0.5) is 14.5 Å². The van der Waals surface area contributed by atoms with E-state index in [0.717, 1.165) is 16.4 Å². The summed E-state index contributed by atoms with van der Waals surface area (Å²) in [5.74, 6) is 0.321. The Balaban J connectivity index is 2.44. The Morgan fingerprint density at radius 3 is 2.42 bits per heavy atom. The fourth-order valence-electron chi connectivity index (χ4n) is 1.54. The average Bonchev–Trinajstić information content (AvgIpc) is 2.84. The molecule has 0 saturated heterocycles. The zero-order chi connectivity index (χ0) is 14.0. The Morgan fingerprint density at radius 2 is 2.00 bits per heavy atom. The lowest BCUT2D eigenvalue weighted by Crippen LogP contribution is -1.96. The molecule has 2 rings (SSSR count). The molecule has 0 N–H and O–H groups in total. The molecule has 1 heterocycles. The predicted molar refractivity (Wildman–Crippen MR) is 64.7 cm³/mol. The van der Waals surface area contributed by atoms with Gasteiger partial charge in [0.15, 0.2) is 0 Å². The minimum atomic E-state index is -3.00. The van der Waals surface area contributed by atoms with Crippen LogP contribution in [0, 0.1) is 10.1 Å². The fraction of sp³-hybridized carbons (Fsp3) is 0.182. The molecule has 0 atom stereocenters. The lowest BCUT2D eigenvalue weighted by molar-refractivity contribution is -0.386. The van der Waals surface area contributed by atoms with Gasteiger partial charge in [-0.2, -0.15) is 5.10 Å². The first-order chi connectivity index (χ1) is 9.02. The third-order valence-corrected chi connectivity index (χ3v) is 2.79. The van der Waals surface area contributed by atoms with Gasteiger partial charge in [-0.15, -0.1) is 11.6 Å². The van der Waals surface area contributed by atoms with E-state index in [9.17, 15) is 18.9 Å². The number of hydrogen-bond acceptors (Lipinski definition) is 3. The Bertz CT molecular complexity index is 598. The smallest absolute Gasteiger partial charge is 0.258 e. The molecule has 0 aliphatic rings. The van der Waals surface area contributed by atoms with Crippen molar-refractivity contribution in [2.45, 2.75) is 12.3 Å². The predicted octanol–water partition coefficient (Wildman–Crippen LogP) is 3.46. The molecule has 0 unspecified atom stereocenters. The maximum absolute atomic E-state index is 12.6. The number of hydrogen-bond donors (Lipinski definition) is 0. The maximum Gasteiger partial charge on any atom is 0.316 e. The minimum absolute atomic E-state index is 0.321. The van der Waals surface area contributed by atoms with Gasteiger partial charge in [0.05, 0.1) is 10.6 Å². The molecule has 2 aromatic rings. The number of aromatic nitrogens is 2. The Morgan fingerprint density at radius 1 is 1.37 bits per heavy atom. The van der Waals surface area contributed by atoms with Crippen molar-refractivity contribution < 1.29 is 13.7 Å². The zero-order valence-corrected chi connectivity index (χ0v) is 10.2. The van der Waals surface area contributed by atoms with Crippen LogP contribution in [0.15, 0.2) is 30.5 Å². The highest BCUT2D eigenvalue weighted by molar-refractivity contribution is 6.17. The van der Waals surface area contributed by atoms with Gasteiger partial charge in [0.2, 0.25) is 5.69 Å². The van der Waals surface area contributed by atoms with E-state index in [1.807, 2.05) is 0 Å². The Labute approximate surface area is 111 Å². The van der Waals surface area contributed by atoms with E-state index >= 15 is 0 Å². The van der Waals surface area contributed by atoms with Crippen LogP contribution >= 0.6 is 11.6 Å². The van der Waals surface area contributed by atoms with Crippen molar-refractivity contribution in [2.75, 3.05) is 0 Å². The second-order valence-corrected chi connectivity index (χ2v) is 3.97. The number of benzene rings is 1. The van der Waals surface area contributed by atoms with Crippen molar-refractivity contribution in [1.82, 2.24) is 9.78 Å². The molecule has 8 heteroatoms. The monoisotopic (exact) mass is 287 g/mol. The van der Waals surface area contributed by atoms with Gasteiger partial charge in [0, 0.05) is 5.88 Å². The molecule has 0 spiro atoms. The Hall–Kier alpha value is -2.02. The number of nitro groups is 1. The van der Waals surface area contributed by atoms with Crippen LogP contribution in [-0.2, 0) is 5.88 Å². The van der Waals surface area contributed by atoms with Crippen LogP contribution in [-0.4, -0.2) is 14.7 Å². The van der Waals surface area contributed by atoms with E-state index in [-0.39, 0.29) is 0 Å². The first kappa shape index (κ1) is 13.4. The molecule has 1 aromatic heterocycles. The van der Waals surface area contributed by atoms with Crippen LogP contribution in [0.25, 0.3) is 5.69 Å². The number of alkyl halides is 3. The third-order valence-electron chi connectivity index (χ3n) is 2.48. The van der Waals surface area contributed by atoms with Gasteiger partial charge in [-0.3, -0.25) is 10.1 Å². The van der Waals surface area contributed by atoms with Gasteiger partial charge in [-0.1, -0.05) is 12.1 Å². The minimum Gasteiger partial charge on any atom is -0.258 e. The second kappa shape index (κ2) is 5.31. The summed E-state index contributed by atoms with van der Waals surface area (Å²) >= 11 is 5.63. The topological polar surface area (TPSA) is 61.0 Å². The lowest BCUT2D eigenvalue weighted by atomic mass is 10.2. The van der Waals surface area contributed by atoms with Crippen molar-refractivity contribution >= 4 is 17.3 Å². The van der Waals surface area contributed by atoms with Crippen LogP contribution < -0.4 is 0 Å². The molecule has 0 aliphatic carbocycles. The summed E-state index contributed by atoms with van der Waals surface area (Å²) in [7, 11) is 0. The molecule has 19 heavy (non-hydrogen) atoms. The zero-order valence-electron chi connectivity index (χ0n) is 9.46. The van der Waals surface area contributed by atoms with Crippen molar-refractivity contribution in [3.8, 4) is 5.69 Å². The molecule has 0 aliphatic heterocycles. The number of rotatable bonds is 4. The molecule has 0 saturated carbocycles. The highest BCUT2D eigenvalue weighted by Gasteiger charge is 2.27. The molecule has 5 nitrogen and oxygen atoms in total. The molecule has 0 fully saturated rings. The SMILES string of the molecule is O=[N+]([O-])c1cn(-c2ccc(CCl)cc2)nc1C(F)F. The standard InChI is InChI=1S/C11H8ClF2N3O2/c12-5-7-1-3-8(4-2-7)16-6-9(17(18)19)10(15-16)11(13)14/h1-4,6,11H,5H2. The summed E-state index contributed by atoms with van der Waals surface area (Å²) < 4.78 is 26.3. The normalized spacial score (nSPS) is 10.9. The van der Waals surface area contributed by atoms with Gasteiger partial charge in [-0.05, 0) is 17.7 Å². The van der Waals surface area contributed by atoms with Gasteiger partial charge in [-0.25, -0.2) is 13.5 Å². The van der Waals surface area contributed by atoms with E-state index in [4.69, 9.17) is 11.6 Å². The van der Waals surface area contributed by atoms with Crippen LogP contribution in [0.1, 0.15) is 17.7 Å². The highest BCUT2D eigenvalue weighted by Crippen LogP contribution is 2.28. The first-order valence-corrected chi connectivity index (χ1v) is 5.73. The molecule has 1 aromatic carbocycles. The van der Waals surface area contributed by atoms with E-state index in [0.29, 0.717) is 11.6 Å². The van der Waals surface area contributed by atoms with Gasteiger partial charge in [0.1, 0.15) is 6.20 Å². The highest BCUT2D eigenvalue weighted by atomic mass is 35.5. The van der Waals surface area contributed by atoms with Crippen molar-refractivity contribution in [3.63, 3.8) is 0 Å². The summed E-state index contributed by atoms with van der Waals surface area (Å²) in [5.41, 5.74) is -0.243. The Kier molecular flexibility index (Phi) is 3.75. The number of halogens is 3. The van der Waals surface area contributed by atoms with E-state index in [2.05, 4.69) is 5.10 Å². The summed E-state index contributed by atoms with van der Waals surface area (Å²) in [5, 5.41) is 14.2. The molecule has 100 valence electrons. The molecular weight excluding hydrogens is 280 g/mol. The van der Waals surface area contributed by atoms with Crippen molar-refractivity contribution in [3.05, 3.63) is 51.8 Å². The van der Waals surface area contributed by atoms with Gasteiger partial charge in [0.25, 0.3) is 6.43 Å². The van der Waals surface area contributed by atoms with Crippen molar-refractivity contribution in [2.24, 2.45) is 0 Å². The van der Waals surface area contributed by atoms with Crippen LogP contribution in [0.5, 0.6) is 0 Å². The van der Waals surface area contributed by atoms with E-state index in [1.165, 1.54) is 0 Å². The lowest BCUT2D eigenvalue weighted by Gasteiger charge is -2.01. The third kappa shape index (κ3) is 2.70. The first-order valence-electron chi connectivity index (χ1n) is 5.20. The quantitative estimate of drug-likeness (QED) is 0.491. The second-order valence-electron chi connectivity index (χ2n) is 3.70. The van der Waals surface area contributed by atoms with Crippen LogP contribution in [0.2, 0.25) is 0 Å². The molecule has 0 amide bonds. The molecule has 0 bridgehead atoms. The van der Waals surface area contributed by atoms with Crippen molar-refractivity contribution in [1.29, 1.82) is 0 Å². The number of nitrogens with zero attached hydrogens (tertiary/aromatic N) is 3. The summed E-state index contributed by atoms with van der Waals surface area (Å²) in [6, 6.07) is 6.59. The van der Waals surface area contributed by atoms with E-state index < -0.39 is 22.7 Å². The van der Waals surface area contributed by atoms with Crippen LogP contribution in [0.3, 0.4) is 0 Å². The van der Waals surface area contributed by atoms with E-state index in [1.54, 1.807) is 24.3 Å². The summed E-state index contributed by atoms with van der Waals surface area (Å²) in [6.45, 7) is 0.